The first-order valence-electron chi connectivity index (χ1n) is 7.74. The van der Waals surface area contributed by atoms with Crippen molar-refractivity contribution in [2.45, 2.75) is 0 Å². The van der Waals surface area contributed by atoms with Crippen molar-refractivity contribution in [3.05, 3.63) is 72.0 Å². The molecule has 0 saturated carbocycles. The van der Waals surface area contributed by atoms with E-state index >= 15 is 0 Å². The van der Waals surface area contributed by atoms with Gasteiger partial charge in [-0.05, 0) is 24.3 Å². The highest BCUT2D eigenvalue weighted by atomic mass is 35.5. The van der Waals surface area contributed by atoms with E-state index in [4.69, 9.17) is 16.3 Å². The minimum atomic E-state index is -0.276. The first-order chi connectivity index (χ1) is 12.2. The molecule has 124 valence electrons. The number of hydrogen-bond acceptors (Lipinski definition) is 3. The van der Waals surface area contributed by atoms with E-state index in [0.29, 0.717) is 10.8 Å². The fourth-order valence-corrected chi connectivity index (χ4v) is 2.95. The maximum absolute atomic E-state index is 12.2. The van der Waals surface area contributed by atoms with Gasteiger partial charge in [-0.25, -0.2) is 9.66 Å². The largest absolute Gasteiger partial charge is 0.483 e. The molecule has 5 nitrogen and oxygen atoms in total. The van der Waals surface area contributed by atoms with Crippen molar-refractivity contribution >= 4 is 39.3 Å². The van der Waals surface area contributed by atoms with Crippen LogP contribution in [0.3, 0.4) is 0 Å². The Kier molecular flexibility index (Phi) is 3.99. The number of carbonyl (C=O) groups excluding carboxylic acids is 1. The number of imidazole rings is 1. The van der Waals surface area contributed by atoms with Gasteiger partial charge in [-0.2, -0.15) is 0 Å². The molecule has 0 aliphatic carbocycles. The molecule has 0 fully saturated rings. The molecule has 6 heteroatoms. The number of halogens is 1. The van der Waals surface area contributed by atoms with Crippen molar-refractivity contribution in [3.63, 3.8) is 0 Å². The predicted molar refractivity (Wildman–Crippen MR) is 98.6 cm³/mol. The number of aromatic nitrogens is 2. The summed E-state index contributed by atoms with van der Waals surface area (Å²) in [5.41, 5.74) is 4.40. The Balaban J connectivity index is 1.50. The number of hydrogen-bond donors (Lipinski definition) is 1. The molecule has 4 aromatic rings. The van der Waals surface area contributed by atoms with Gasteiger partial charge in [-0.1, -0.05) is 48.0 Å². The lowest BCUT2D eigenvalue weighted by Crippen LogP contribution is -2.27. The summed E-state index contributed by atoms with van der Waals surface area (Å²) in [6, 6.07) is 18.7. The van der Waals surface area contributed by atoms with Crippen molar-refractivity contribution in [2.24, 2.45) is 0 Å². The van der Waals surface area contributed by atoms with Gasteiger partial charge in [-0.3, -0.25) is 10.2 Å². The normalized spacial score (nSPS) is 10.9. The number of ether oxygens (including phenoxy) is 1. The average molecular weight is 352 g/mol. The van der Waals surface area contributed by atoms with Gasteiger partial charge in [0.25, 0.3) is 5.91 Å². The smallest absolute Gasteiger partial charge is 0.276 e. The van der Waals surface area contributed by atoms with Gasteiger partial charge in [-0.15, -0.1) is 0 Å². The van der Waals surface area contributed by atoms with Crippen LogP contribution in [0.4, 0.5) is 0 Å². The summed E-state index contributed by atoms with van der Waals surface area (Å²) >= 11 is 6.20. The molecule has 1 heterocycles. The number of para-hydroxylation sites is 2. The topological polar surface area (TPSA) is 56.1 Å². The maximum atomic E-state index is 12.2. The molecule has 0 saturated heterocycles. The van der Waals surface area contributed by atoms with Gasteiger partial charge in [0.15, 0.2) is 6.61 Å². The molecule has 1 amide bonds. The quantitative estimate of drug-likeness (QED) is 0.604. The third-order valence-corrected chi connectivity index (χ3v) is 4.22. The number of nitrogens with zero attached hydrogens (tertiary/aromatic N) is 2. The average Bonchev–Trinajstić information content (AvgIpc) is 3.04. The van der Waals surface area contributed by atoms with E-state index in [9.17, 15) is 4.79 Å². The van der Waals surface area contributed by atoms with E-state index in [1.807, 2.05) is 48.5 Å². The van der Waals surface area contributed by atoms with Crippen LogP contribution < -0.4 is 10.2 Å². The highest BCUT2D eigenvalue weighted by Gasteiger charge is 2.09. The van der Waals surface area contributed by atoms with E-state index in [2.05, 4.69) is 10.4 Å². The Bertz CT molecular complexity index is 1070. The van der Waals surface area contributed by atoms with Crippen molar-refractivity contribution in [2.75, 3.05) is 12.0 Å². The fraction of sp³-hybridized carbons (Fsp3) is 0.0526. The van der Waals surface area contributed by atoms with Crippen LogP contribution in [-0.4, -0.2) is 22.2 Å². The second-order valence-corrected chi connectivity index (χ2v) is 5.93. The van der Waals surface area contributed by atoms with Crippen LogP contribution in [0.25, 0.3) is 21.8 Å². The summed E-state index contributed by atoms with van der Waals surface area (Å²) in [6.07, 6.45) is 1.57. The third-order valence-electron chi connectivity index (χ3n) is 3.89. The minimum Gasteiger partial charge on any atom is -0.483 e. The summed E-state index contributed by atoms with van der Waals surface area (Å²) in [5.74, 6) is 0.341. The van der Waals surface area contributed by atoms with E-state index in [0.717, 1.165) is 21.8 Å². The van der Waals surface area contributed by atoms with Crippen LogP contribution in [0.1, 0.15) is 0 Å². The Morgan fingerprint density at radius 1 is 1.04 bits per heavy atom. The summed E-state index contributed by atoms with van der Waals surface area (Å²) < 4.78 is 7.28. The standard InChI is InChI=1S/C19H14ClN3O2/c20-15-9-10-18(14-6-2-1-5-13(14)15)25-11-19(24)22-23-12-21-16-7-3-4-8-17(16)23/h1-10,12H,11H2,(H,22,24). The lowest BCUT2D eigenvalue weighted by molar-refractivity contribution is -0.119. The lowest BCUT2D eigenvalue weighted by atomic mass is 10.1. The van der Waals surface area contributed by atoms with Crippen LogP contribution in [-0.2, 0) is 4.79 Å². The molecule has 0 radical (unpaired) electrons. The zero-order chi connectivity index (χ0) is 17.2. The van der Waals surface area contributed by atoms with E-state index in [-0.39, 0.29) is 12.5 Å². The molecule has 0 unspecified atom stereocenters. The monoisotopic (exact) mass is 351 g/mol. The first kappa shape index (κ1) is 15.5. The second kappa shape index (κ2) is 6.45. The van der Waals surface area contributed by atoms with Gasteiger partial charge in [0.1, 0.15) is 12.1 Å². The van der Waals surface area contributed by atoms with Gasteiger partial charge in [0.2, 0.25) is 0 Å². The van der Waals surface area contributed by atoms with Crippen molar-refractivity contribution in [1.82, 2.24) is 9.66 Å². The Morgan fingerprint density at radius 2 is 1.80 bits per heavy atom. The molecule has 25 heavy (non-hydrogen) atoms. The molecular weight excluding hydrogens is 338 g/mol. The summed E-state index contributed by atoms with van der Waals surface area (Å²) in [5, 5.41) is 2.41. The third kappa shape index (κ3) is 3.02. The Hall–Kier alpha value is -3.05. The zero-order valence-corrected chi connectivity index (χ0v) is 13.9. The van der Waals surface area contributed by atoms with Crippen molar-refractivity contribution < 1.29 is 9.53 Å². The summed E-state index contributed by atoms with van der Waals surface area (Å²) in [7, 11) is 0. The predicted octanol–water partition coefficient (Wildman–Crippen LogP) is 3.99. The van der Waals surface area contributed by atoms with E-state index in [1.54, 1.807) is 23.1 Å². The van der Waals surface area contributed by atoms with Crippen LogP contribution in [0, 0.1) is 0 Å². The summed E-state index contributed by atoms with van der Waals surface area (Å²) in [4.78, 5) is 16.5. The molecule has 0 bridgehead atoms. The molecule has 1 N–H and O–H groups in total. The molecule has 0 aliphatic rings. The molecule has 4 rings (SSSR count). The highest BCUT2D eigenvalue weighted by molar-refractivity contribution is 6.35. The molecule has 0 atom stereocenters. The van der Waals surface area contributed by atoms with Crippen LogP contribution in [0.5, 0.6) is 5.75 Å². The second-order valence-electron chi connectivity index (χ2n) is 5.52. The maximum Gasteiger partial charge on any atom is 0.276 e. The molecule has 3 aromatic carbocycles. The molecule has 1 aromatic heterocycles. The molecule has 0 spiro atoms. The van der Waals surface area contributed by atoms with Gasteiger partial charge < -0.3 is 4.74 Å². The number of benzene rings is 3. The van der Waals surface area contributed by atoms with E-state index < -0.39 is 0 Å². The zero-order valence-electron chi connectivity index (χ0n) is 13.1. The number of amides is 1. The summed E-state index contributed by atoms with van der Waals surface area (Å²) in [6.45, 7) is -0.113. The number of fused-ring (bicyclic) bond motifs is 2. The lowest BCUT2D eigenvalue weighted by Gasteiger charge is -2.11. The first-order valence-corrected chi connectivity index (χ1v) is 8.12. The number of nitrogens with one attached hydrogen (secondary N) is 1. The van der Waals surface area contributed by atoms with Crippen LogP contribution in [0.2, 0.25) is 5.02 Å². The fourth-order valence-electron chi connectivity index (χ4n) is 2.72. The van der Waals surface area contributed by atoms with E-state index in [1.165, 1.54) is 0 Å². The Labute approximate surface area is 148 Å². The highest BCUT2D eigenvalue weighted by Crippen LogP contribution is 2.31. The van der Waals surface area contributed by atoms with Crippen LogP contribution in [0.15, 0.2) is 67.0 Å². The Morgan fingerprint density at radius 3 is 2.68 bits per heavy atom. The van der Waals surface area contributed by atoms with Gasteiger partial charge >= 0.3 is 0 Å². The SMILES string of the molecule is O=C(COc1ccc(Cl)c2ccccc12)Nn1cnc2ccccc21. The van der Waals surface area contributed by atoms with Gasteiger partial charge in [0, 0.05) is 15.8 Å². The van der Waals surface area contributed by atoms with Crippen molar-refractivity contribution in [3.8, 4) is 5.75 Å². The van der Waals surface area contributed by atoms with Crippen LogP contribution >= 0.6 is 11.6 Å². The minimum absolute atomic E-state index is 0.113. The number of carbonyl (C=O) groups is 1. The molecule has 0 aliphatic heterocycles. The van der Waals surface area contributed by atoms with Crippen molar-refractivity contribution in [1.29, 1.82) is 0 Å². The van der Waals surface area contributed by atoms with Gasteiger partial charge in [0.05, 0.1) is 11.0 Å². The number of rotatable bonds is 4. The molecular formula is C19H14ClN3O2.